The van der Waals surface area contributed by atoms with Gasteiger partial charge in [-0.1, -0.05) is 140 Å². The van der Waals surface area contributed by atoms with Gasteiger partial charge >= 0.3 is 5.97 Å². The molecule has 0 saturated heterocycles. The third-order valence-corrected chi connectivity index (χ3v) is 30.6. The molecule has 1 amide bonds. The van der Waals surface area contributed by atoms with Crippen LogP contribution in [0, 0.1) is 126 Å². The third kappa shape index (κ3) is 21.9. The first-order valence-electron chi connectivity index (χ1n) is 43.7. The molecule has 19 heteroatoms. The predicted octanol–water partition coefficient (Wildman–Crippen LogP) is 24.2. The molecular weight excluding hydrogens is 1530 g/mol. The van der Waals surface area contributed by atoms with Gasteiger partial charge in [-0.2, -0.15) is 10.2 Å². The van der Waals surface area contributed by atoms with Gasteiger partial charge in [0.2, 0.25) is 0 Å². The van der Waals surface area contributed by atoms with E-state index in [0.29, 0.717) is 82.6 Å². The summed E-state index contributed by atoms with van der Waals surface area (Å²) in [6.07, 6.45) is 47.9. The number of amides is 1. The van der Waals surface area contributed by atoms with Gasteiger partial charge in [-0.15, -0.1) is 0 Å². The van der Waals surface area contributed by atoms with Crippen molar-refractivity contribution in [1.29, 1.82) is 0 Å². The molecule has 13 nitrogen and oxygen atoms in total. The van der Waals surface area contributed by atoms with Gasteiger partial charge in [0.25, 0.3) is 5.91 Å². The standard InChI is InChI=1S/C32H36Cl3N3O.C17H11Cl3N2O2.2C15H27N.C10H14O.C4H12N2.CH4/c1-19-30(32(39)36-12-4-2-3-5-27-23-14-20-13-21(16-23)17-24(27)15-20)37-38(29-11-10-26(34)18-28(29)35)31(19)22-6-8-25(33)9-7-22;1-9-15(17(23)24)21-22(14-7-6-12(19)8-13(14)20)16(9)10-2-4-11(18)5-3-10;2*16-5-3-1-2-4-15-13-7-11-6-12(9-13)10-14(15)8-11;11-10-8-2-6-1-7(4-8)5-9(10)3-6;5-3-1-2-4-6;/h6-11,18,20-21,23-24,27H,2-5,12-17H2,1H3,(H,36,39);2-8H,1H3,(H,23,24);2*11-15H,1-10,16H2;6-9H,1-5H2;1-6H2;1H4. The van der Waals surface area contributed by atoms with Gasteiger partial charge < -0.3 is 33.4 Å². The first-order chi connectivity index (χ1) is 54.2. The molecule has 16 bridgehead atoms. The normalized spacial score (nSPS) is 29.5. The Morgan fingerprint density at radius 2 is 0.690 bits per heavy atom. The SMILES string of the molecule is C.Cc1c(C(=O)NCCCCCC2C3CC4CC(C3)CC2C4)nn(-c2ccc(Cl)cc2Cl)c1-c1ccc(Cl)cc1.Cc1c(C(=O)O)nn(-c2ccc(Cl)cc2Cl)c1-c1ccc(Cl)cc1.NCCCCCC1C2CC3CC(C2)CC1C3.NCCCCCC1C2CC3CC(C2)CC1C3.NCCCCN.O=C1C2CC3CC(C2)CC1C3. The van der Waals surface area contributed by atoms with Gasteiger partial charge in [-0.25, -0.2) is 14.2 Å². The van der Waals surface area contributed by atoms with Crippen molar-refractivity contribution in [2.75, 3.05) is 32.7 Å². The number of aromatic nitrogens is 4. The number of carbonyl (C=O) groups excluding carboxylic acids is 2. The molecule has 0 spiro atoms. The van der Waals surface area contributed by atoms with Crippen molar-refractivity contribution in [2.45, 2.75) is 240 Å². The van der Waals surface area contributed by atoms with Gasteiger partial charge in [0.15, 0.2) is 11.4 Å². The lowest BCUT2D eigenvalue weighted by molar-refractivity contribution is -0.139. The van der Waals surface area contributed by atoms with E-state index < -0.39 is 5.97 Å². The first-order valence-corrected chi connectivity index (χ1v) is 46.0. The fraction of sp³-hybridized carbons (Fsp3) is 0.649. The fourth-order valence-corrected chi connectivity index (χ4v) is 26.0. The Morgan fingerprint density at radius 1 is 0.398 bits per heavy atom. The molecule has 16 saturated carbocycles. The number of nitrogens with one attached hydrogen (secondary N) is 1. The number of hydrogen-bond acceptors (Lipinski definition) is 9. The number of unbranched alkanes of at least 4 members (excludes halogenated alkanes) is 7. The van der Waals surface area contributed by atoms with E-state index in [1.54, 1.807) is 130 Å². The lowest BCUT2D eigenvalue weighted by Gasteiger charge is -2.54. The molecule has 0 unspecified atom stereocenters. The van der Waals surface area contributed by atoms with E-state index in [1.807, 2.05) is 37.3 Å². The molecule has 22 rings (SSSR count). The Labute approximate surface area is 705 Å². The van der Waals surface area contributed by atoms with E-state index in [4.69, 9.17) is 97.6 Å². The van der Waals surface area contributed by atoms with Crippen molar-refractivity contribution in [3.63, 3.8) is 0 Å². The zero-order chi connectivity index (χ0) is 78.7. The number of carbonyl (C=O) groups is 3. The molecule has 10 N–H and O–H groups in total. The molecule has 113 heavy (non-hydrogen) atoms. The molecule has 2 heterocycles. The lowest BCUT2D eigenvalue weighted by Crippen LogP contribution is -2.45. The summed E-state index contributed by atoms with van der Waals surface area (Å²) in [5.74, 6) is 18.6. The van der Waals surface area contributed by atoms with E-state index in [1.165, 1.54) is 133 Å². The molecule has 4 aromatic carbocycles. The number of nitrogens with zero attached hydrogens (tertiary/aromatic N) is 4. The quantitative estimate of drug-likeness (QED) is 0.0298. The highest BCUT2D eigenvalue weighted by Crippen LogP contribution is 2.61. The molecule has 16 aliphatic carbocycles. The fourth-order valence-electron chi connectivity index (χ4n) is 24.8. The number of hydrogen-bond donors (Lipinski definition) is 6. The maximum Gasteiger partial charge on any atom is 0.356 e. The molecule has 16 fully saturated rings. The maximum atomic E-state index is 13.3. The van der Waals surface area contributed by atoms with Crippen LogP contribution in [0.4, 0.5) is 0 Å². The van der Waals surface area contributed by atoms with Gasteiger partial charge in [-0.05, 0) is 381 Å². The number of ketones is 1. The van der Waals surface area contributed by atoms with Crippen LogP contribution in [0.25, 0.3) is 33.9 Å². The summed E-state index contributed by atoms with van der Waals surface area (Å²) in [6.45, 7) is 7.63. The largest absolute Gasteiger partial charge is 0.476 e. The van der Waals surface area contributed by atoms with E-state index >= 15 is 0 Å². The molecule has 2 aromatic heterocycles. The molecule has 0 aliphatic heterocycles. The summed E-state index contributed by atoms with van der Waals surface area (Å²) < 4.78 is 3.25. The number of halogens is 6. The average Bonchev–Trinajstić information content (AvgIpc) is 1.62. The van der Waals surface area contributed by atoms with Crippen molar-refractivity contribution >= 4 is 87.3 Å². The second-order valence-corrected chi connectivity index (χ2v) is 39.2. The molecule has 6 aromatic rings. The number of rotatable bonds is 25. The molecule has 0 radical (unpaired) electrons. The average molecular weight is 1660 g/mol. The minimum Gasteiger partial charge on any atom is -0.476 e. The minimum atomic E-state index is -1.11. The Bertz CT molecular complexity index is 3920. The summed E-state index contributed by atoms with van der Waals surface area (Å²) >= 11 is 37.0. The zero-order valence-electron chi connectivity index (χ0n) is 66.7. The number of carboxylic acids is 1. The second-order valence-electron chi connectivity index (χ2n) is 36.6. The third-order valence-electron chi connectivity index (χ3n) is 29.0. The van der Waals surface area contributed by atoms with Crippen molar-refractivity contribution in [3.05, 3.63) is 138 Å². The van der Waals surface area contributed by atoms with Crippen molar-refractivity contribution < 1.29 is 19.5 Å². The zero-order valence-corrected chi connectivity index (χ0v) is 71.2. The molecule has 0 atom stereocenters. The van der Waals surface area contributed by atoms with Gasteiger partial charge in [0.05, 0.1) is 32.8 Å². The second kappa shape index (κ2) is 41.4. The van der Waals surface area contributed by atoms with Crippen molar-refractivity contribution in [3.8, 4) is 33.9 Å². The van der Waals surface area contributed by atoms with E-state index in [9.17, 15) is 19.5 Å². The van der Waals surface area contributed by atoms with E-state index in [0.717, 1.165) is 175 Å². The predicted molar refractivity (Wildman–Crippen MR) is 468 cm³/mol. The summed E-state index contributed by atoms with van der Waals surface area (Å²) in [4.78, 5) is 36.3. The van der Waals surface area contributed by atoms with Crippen molar-refractivity contribution in [2.24, 2.45) is 135 Å². The topological polar surface area (TPSA) is 223 Å². The Morgan fingerprint density at radius 3 is 1.01 bits per heavy atom. The van der Waals surface area contributed by atoms with Gasteiger partial charge in [0, 0.05) is 60.7 Å². The first kappa shape index (κ1) is 87.8. The monoisotopic (exact) mass is 1660 g/mol. The molecular formula is C94H131Cl6N9O4. The Hall–Kier alpha value is -4.51. The number of nitrogens with two attached hydrogens (primary N) is 4. The summed E-state index contributed by atoms with van der Waals surface area (Å²) in [5, 5.41) is 24.6. The summed E-state index contributed by atoms with van der Waals surface area (Å²) in [6, 6.07) is 24.8. The van der Waals surface area contributed by atoms with Crippen LogP contribution < -0.4 is 28.3 Å². The van der Waals surface area contributed by atoms with Crippen LogP contribution in [0.3, 0.4) is 0 Å². The summed E-state index contributed by atoms with van der Waals surface area (Å²) in [5.41, 5.74) is 27.5. The van der Waals surface area contributed by atoms with Crippen LogP contribution >= 0.6 is 69.6 Å². The van der Waals surface area contributed by atoms with E-state index in [-0.39, 0.29) is 19.0 Å². The van der Waals surface area contributed by atoms with Crippen LogP contribution in [0.1, 0.15) is 258 Å². The highest BCUT2D eigenvalue weighted by molar-refractivity contribution is 6.36. The van der Waals surface area contributed by atoms with Crippen LogP contribution in [-0.2, 0) is 4.79 Å². The molecule has 16 aliphatic rings. The van der Waals surface area contributed by atoms with Crippen LogP contribution in [-0.4, -0.2) is 75.1 Å². The van der Waals surface area contributed by atoms with Gasteiger partial charge in [0.1, 0.15) is 5.78 Å². The lowest BCUT2D eigenvalue weighted by atomic mass is 9.51. The minimum absolute atomic E-state index is 0. The highest BCUT2D eigenvalue weighted by Gasteiger charge is 2.51. The van der Waals surface area contributed by atoms with Crippen LogP contribution in [0.5, 0.6) is 0 Å². The highest BCUT2D eigenvalue weighted by atomic mass is 35.5. The van der Waals surface area contributed by atoms with Crippen molar-refractivity contribution in [1.82, 2.24) is 24.9 Å². The smallest absolute Gasteiger partial charge is 0.356 e. The number of aromatic carboxylic acids is 1. The number of Topliss-reactive ketones (excluding diaryl/α,β-unsaturated/α-hetero) is 1. The molecule has 618 valence electrons. The number of benzene rings is 4. The van der Waals surface area contributed by atoms with Crippen LogP contribution in [0.15, 0.2) is 84.9 Å². The Balaban J connectivity index is 0.000000137. The Kier molecular flexibility index (Phi) is 32.2. The van der Waals surface area contributed by atoms with E-state index in [2.05, 4.69) is 10.4 Å². The summed E-state index contributed by atoms with van der Waals surface area (Å²) in [7, 11) is 0. The maximum absolute atomic E-state index is 13.3. The van der Waals surface area contributed by atoms with Gasteiger partial charge in [-0.3, -0.25) is 9.59 Å². The number of carboxylic acid groups (broad SMARTS) is 1. The van der Waals surface area contributed by atoms with Crippen LogP contribution in [0.2, 0.25) is 30.1 Å².